The predicted octanol–water partition coefficient (Wildman–Crippen LogP) is -1.66. The van der Waals surface area contributed by atoms with Crippen LogP contribution in [0.3, 0.4) is 0 Å². The minimum absolute atomic E-state index is 0.0243. The number of hydrogen-bond acceptors (Lipinski definition) is 4. The topological polar surface area (TPSA) is 78.8 Å². The average Bonchev–Trinajstić information content (AvgIpc) is 2.14. The summed E-state index contributed by atoms with van der Waals surface area (Å²) in [4.78, 5) is 10.1. The van der Waals surface area contributed by atoms with Crippen molar-refractivity contribution in [3.8, 4) is 0 Å². The summed E-state index contributed by atoms with van der Waals surface area (Å²) in [5.74, 6) is -1.01. The van der Waals surface area contributed by atoms with E-state index in [1.807, 2.05) is 0 Å². The molecule has 0 aromatic heterocycles. The van der Waals surface area contributed by atoms with Crippen LogP contribution in [0.15, 0.2) is 0 Å². The quantitative estimate of drug-likeness (QED) is 0.399. The van der Waals surface area contributed by atoms with Gasteiger partial charge in [0.15, 0.2) is 0 Å². The second-order valence-corrected chi connectivity index (χ2v) is 1.74. The smallest absolute Gasteiger partial charge is 0.323 e. The van der Waals surface area contributed by atoms with E-state index in [0.717, 1.165) is 0 Å². The first-order valence-electron chi connectivity index (χ1n) is 2.48. The number of carboxylic acid groups (broad SMARTS) is 1. The number of aliphatic carboxylic acids is 1. The lowest BCUT2D eigenvalue weighted by Crippen LogP contribution is -2.36. The maximum absolute atomic E-state index is 10.1. The highest BCUT2D eigenvalue weighted by Crippen LogP contribution is 1.98. The lowest BCUT2D eigenvalue weighted by atomic mass is 10.3. The van der Waals surface area contributed by atoms with Crippen molar-refractivity contribution >= 4 is 5.97 Å². The first-order chi connectivity index (χ1) is 4.20. The monoisotopic (exact) mass is 133 g/mol. The number of ether oxygens (including phenoxy) is 1. The van der Waals surface area contributed by atoms with Crippen molar-refractivity contribution in [2.75, 3.05) is 6.61 Å². The van der Waals surface area contributed by atoms with Crippen LogP contribution in [0.1, 0.15) is 0 Å². The van der Waals surface area contributed by atoms with E-state index in [2.05, 4.69) is 10.1 Å². The van der Waals surface area contributed by atoms with Crippen molar-refractivity contribution in [1.82, 2.24) is 5.32 Å². The van der Waals surface area contributed by atoms with E-state index in [4.69, 9.17) is 10.2 Å². The molecule has 3 N–H and O–H groups in total. The Hall–Kier alpha value is -0.650. The Kier molecular flexibility index (Phi) is 1.65. The standard InChI is InChI=1S/C4H7NO4/c6-3(7)2-1-9-4(8)5-2/h2,4-5,8H,1H2,(H,6,7)/t2?,4-/m1/s1. The van der Waals surface area contributed by atoms with Gasteiger partial charge in [-0.25, -0.2) is 0 Å². The highest BCUT2D eigenvalue weighted by Gasteiger charge is 2.27. The molecule has 0 aromatic rings. The van der Waals surface area contributed by atoms with Crippen molar-refractivity contribution in [2.45, 2.75) is 12.5 Å². The molecule has 1 heterocycles. The highest BCUT2D eigenvalue weighted by atomic mass is 16.6. The van der Waals surface area contributed by atoms with Crippen LogP contribution in [0.25, 0.3) is 0 Å². The van der Waals surface area contributed by atoms with Gasteiger partial charge in [-0.15, -0.1) is 0 Å². The SMILES string of the molecule is O=C(O)C1CO[C@@H](O)N1. The zero-order valence-electron chi connectivity index (χ0n) is 4.57. The van der Waals surface area contributed by atoms with Gasteiger partial charge in [0.25, 0.3) is 0 Å². The maximum Gasteiger partial charge on any atom is 0.323 e. The molecule has 1 aliphatic rings. The lowest BCUT2D eigenvalue weighted by Gasteiger charge is -2.00. The predicted molar refractivity (Wildman–Crippen MR) is 26.5 cm³/mol. The van der Waals surface area contributed by atoms with Crippen molar-refractivity contribution in [2.24, 2.45) is 0 Å². The number of carboxylic acids is 1. The van der Waals surface area contributed by atoms with Crippen LogP contribution in [0.5, 0.6) is 0 Å². The second kappa shape index (κ2) is 2.30. The summed E-state index contributed by atoms with van der Waals surface area (Å²) in [5, 5.41) is 19.1. The van der Waals surface area contributed by atoms with Gasteiger partial charge in [0, 0.05) is 0 Å². The molecular formula is C4H7NO4. The van der Waals surface area contributed by atoms with Crippen LogP contribution in [0.2, 0.25) is 0 Å². The van der Waals surface area contributed by atoms with Gasteiger partial charge >= 0.3 is 5.97 Å². The Morgan fingerprint density at radius 1 is 1.78 bits per heavy atom. The number of hydrogen-bond donors (Lipinski definition) is 3. The number of rotatable bonds is 1. The van der Waals surface area contributed by atoms with Gasteiger partial charge in [-0.3, -0.25) is 10.1 Å². The molecule has 1 fully saturated rings. The van der Waals surface area contributed by atoms with E-state index in [-0.39, 0.29) is 6.61 Å². The fourth-order valence-electron chi connectivity index (χ4n) is 0.598. The van der Waals surface area contributed by atoms with E-state index >= 15 is 0 Å². The molecule has 0 aromatic carbocycles. The molecular weight excluding hydrogens is 126 g/mol. The van der Waals surface area contributed by atoms with E-state index in [9.17, 15) is 4.79 Å². The van der Waals surface area contributed by atoms with Crippen LogP contribution in [0.4, 0.5) is 0 Å². The fourth-order valence-corrected chi connectivity index (χ4v) is 0.598. The van der Waals surface area contributed by atoms with Gasteiger partial charge in [0.05, 0.1) is 6.61 Å². The summed E-state index contributed by atoms with van der Waals surface area (Å²) in [7, 11) is 0. The molecule has 5 heteroatoms. The van der Waals surface area contributed by atoms with E-state index < -0.39 is 18.4 Å². The minimum atomic E-state index is -1.12. The molecule has 1 rings (SSSR count). The molecule has 0 aliphatic carbocycles. The molecule has 1 saturated heterocycles. The number of nitrogens with one attached hydrogen (secondary N) is 1. The molecule has 1 unspecified atom stereocenters. The van der Waals surface area contributed by atoms with Crippen molar-refractivity contribution < 1.29 is 19.7 Å². The molecule has 5 nitrogen and oxygen atoms in total. The van der Waals surface area contributed by atoms with E-state index in [1.54, 1.807) is 0 Å². The Morgan fingerprint density at radius 2 is 2.44 bits per heavy atom. The minimum Gasteiger partial charge on any atom is -0.480 e. The van der Waals surface area contributed by atoms with Crippen LogP contribution in [-0.4, -0.2) is 35.2 Å². The second-order valence-electron chi connectivity index (χ2n) is 1.74. The number of aliphatic hydroxyl groups is 1. The Bertz CT molecular complexity index is 126. The van der Waals surface area contributed by atoms with Crippen LogP contribution in [0, 0.1) is 0 Å². The molecule has 1 aliphatic heterocycles. The summed E-state index contributed by atoms with van der Waals surface area (Å²) < 4.78 is 4.49. The molecule has 0 spiro atoms. The van der Waals surface area contributed by atoms with Gasteiger partial charge in [-0.2, -0.15) is 0 Å². The molecule has 9 heavy (non-hydrogen) atoms. The van der Waals surface area contributed by atoms with Crippen molar-refractivity contribution in [3.63, 3.8) is 0 Å². The van der Waals surface area contributed by atoms with Gasteiger partial charge < -0.3 is 14.9 Å². The average molecular weight is 133 g/mol. The van der Waals surface area contributed by atoms with Crippen LogP contribution >= 0.6 is 0 Å². The van der Waals surface area contributed by atoms with Gasteiger partial charge in [0.1, 0.15) is 6.04 Å². The first-order valence-corrected chi connectivity index (χ1v) is 2.48. The molecule has 0 saturated carbocycles. The van der Waals surface area contributed by atoms with Gasteiger partial charge in [-0.1, -0.05) is 0 Å². The van der Waals surface area contributed by atoms with Crippen molar-refractivity contribution in [3.05, 3.63) is 0 Å². The molecule has 2 atom stereocenters. The molecule has 52 valence electrons. The Morgan fingerprint density at radius 3 is 2.67 bits per heavy atom. The molecule has 0 radical (unpaired) electrons. The summed E-state index contributed by atoms with van der Waals surface area (Å²) in [6, 6.07) is -0.764. The zero-order valence-corrected chi connectivity index (χ0v) is 4.57. The highest BCUT2D eigenvalue weighted by molar-refractivity contribution is 5.73. The Labute approximate surface area is 51.2 Å². The third kappa shape index (κ3) is 1.38. The van der Waals surface area contributed by atoms with Crippen LogP contribution in [-0.2, 0) is 9.53 Å². The normalized spacial score (nSPS) is 34.8. The third-order valence-corrected chi connectivity index (χ3v) is 1.06. The fraction of sp³-hybridized carbons (Fsp3) is 0.750. The van der Waals surface area contributed by atoms with E-state index in [1.165, 1.54) is 0 Å². The summed E-state index contributed by atoms with van der Waals surface area (Å²) in [5.41, 5.74) is 0. The molecule has 0 bridgehead atoms. The Balaban J connectivity index is 2.39. The first kappa shape index (κ1) is 6.47. The lowest BCUT2D eigenvalue weighted by molar-refractivity contribution is -0.139. The van der Waals surface area contributed by atoms with Gasteiger partial charge in [-0.05, 0) is 0 Å². The summed E-state index contributed by atoms with van der Waals surface area (Å²) in [6.45, 7) is 0.0243. The van der Waals surface area contributed by atoms with Crippen molar-refractivity contribution in [1.29, 1.82) is 0 Å². The molecule has 0 amide bonds. The van der Waals surface area contributed by atoms with Crippen LogP contribution < -0.4 is 5.32 Å². The van der Waals surface area contributed by atoms with Gasteiger partial charge in [0.2, 0.25) is 6.41 Å². The zero-order chi connectivity index (χ0) is 6.85. The largest absolute Gasteiger partial charge is 0.480 e. The number of carbonyl (C=O) groups is 1. The third-order valence-electron chi connectivity index (χ3n) is 1.06. The maximum atomic E-state index is 10.1. The number of aliphatic hydroxyl groups excluding tert-OH is 1. The van der Waals surface area contributed by atoms with E-state index in [0.29, 0.717) is 0 Å². The summed E-state index contributed by atoms with van der Waals surface area (Å²) in [6.07, 6.45) is -1.12. The summed E-state index contributed by atoms with van der Waals surface area (Å²) >= 11 is 0.